The number of anilines is 1. The molecule has 130 valence electrons. The van der Waals surface area contributed by atoms with Gasteiger partial charge in [0.1, 0.15) is 12.4 Å². The second kappa shape index (κ2) is 8.18. The van der Waals surface area contributed by atoms with Crippen LogP contribution < -0.4 is 14.8 Å². The van der Waals surface area contributed by atoms with Gasteiger partial charge in [0.05, 0.1) is 12.1 Å². The van der Waals surface area contributed by atoms with Crippen molar-refractivity contribution >= 4 is 28.1 Å². The molecule has 1 aromatic heterocycles. The topological polar surface area (TPSA) is 43.4 Å². The van der Waals surface area contributed by atoms with Crippen LogP contribution in [0.5, 0.6) is 11.5 Å². The number of rotatable bonds is 7. The van der Waals surface area contributed by atoms with Crippen LogP contribution in [0.25, 0.3) is 0 Å². The summed E-state index contributed by atoms with van der Waals surface area (Å²) in [5, 5.41) is 6.33. The predicted molar refractivity (Wildman–Crippen MR) is 98.2 cm³/mol. The molecule has 0 spiro atoms. The van der Waals surface area contributed by atoms with Crippen LogP contribution in [-0.2, 0) is 13.2 Å². The number of halogens is 2. The number of ether oxygens (including phenoxy) is 2. The molecule has 0 saturated heterocycles. The van der Waals surface area contributed by atoms with Crippen LogP contribution in [0, 0.1) is 5.82 Å². The molecule has 0 fully saturated rings. The summed E-state index contributed by atoms with van der Waals surface area (Å²) in [6.07, 6.45) is 1.75. The molecule has 0 aliphatic rings. The fourth-order valence-electron chi connectivity index (χ4n) is 2.25. The number of aromatic nitrogens is 1. The first-order valence-electron chi connectivity index (χ1n) is 7.53. The number of hydrogen-bond donors (Lipinski definition) is 1. The smallest absolute Gasteiger partial charge is 0.182 e. The summed E-state index contributed by atoms with van der Waals surface area (Å²) in [6, 6.07) is 10.1. The van der Waals surface area contributed by atoms with E-state index in [2.05, 4.69) is 10.3 Å². The van der Waals surface area contributed by atoms with Crippen molar-refractivity contribution in [1.82, 2.24) is 4.98 Å². The second-order valence-electron chi connectivity index (χ2n) is 5.16. The van der Waals surface area contributed by atoms with Crippen LogP contribution in [0.2, 0.25) is 5.02 Å². The molecule has 25 heavy (non-hydrogen) atoms. The van der Waals surface area contributed by atoms with Crippen molar-refractivity contribution in [2.24, 2.45) is 0 Å². The van der Waals surface area contributed by atoms with E-state index in [1.165, 1.54) is 17.4 Å². The van der Waals surface area contributed by atoms with Gasteiger partial charge in [-0.2, -0.15) is 0 Å². The standard InChI is InChI=1S/C18H16ClFN2O2S/c1-23-17-9-12(10-22-18-21-7-8-25-18)5-6-16(17)24-11-13-14(19)3-2-4-15(13)20/h2-9H,10-11H2,1H3,(H,21,22). The number of hydrogen-bond acceptors (Lipinski definition) is 5. The quantitative estimate of drug-likeness (QED) is 0.618. The Morgan fingerprint density at radius 1 is 1.24 bits per heavy atom. The fraction of sp³-hybridized carbons (Fsp3) is 0.167. The molecule has 7 heteroatoms. The lowest BCUT2D eigenvalue weighted by molar-refractivity contribution is 0.279. The van der Waals surface area contributed by atoms with E-state index in [0.717, 1.165) is 10.7 Å². The van der Waals surface area contributed by atoms with E-state index in [9.17, 15) is 4.39 Å². The first kappa shape index (κ1) is 17.5. The zero-order valence-corrected chi connectivity index (χ0v) is 15.0. The number of nitrogens with zero attached hydrogens (tertiary/aromatic N) is 1. The molecule has 0 aliphatic carbocycles. The molecule has 0 atom stereocenters. The van der Waals surface area contributed by atoms with Gasteiger partial charge in [0, 0.05) is 23.7 Å². The monoisotopic (exact) mass is 378 g/mol. The van der Waals surface area contributed by atoms with Gasteiger partial charge >= 0.3 is 0 Å². The van der Waals surface area contributed by atoms with Crippen LogP contribution in [0.3, 0.4) is 0 Å². The van der Waals surface area contributed by atoms with E-state index in [-0.39, 0.29) is 6.61 Å². The average Bonchev–Trinajstić information content (AvgIpc) is 3.13. The zero-order valence-electron chi connectivity index (χ0n) is 13.5. The van der Waals surface area contributed by atoms with Gasteiger partial charge in [-0.15, -0.1) is 11.3 Å². The fourth-order valence-corrected chi connectivity index (χ4v) is 3.00. The first-order valence-corrected chi connectivity index (χ1v) is 8.79. The predicted octanol–water partition coefficient (Wildman–Crippen LogP) is 5.14. The summed E-state index contributed by atoms with van der Waals surface area (Å²) in [6.45, 7) is 0.641. The minimum Gasteiger partial charge on any atom is -0.493 e. The highest BCUT2D eigenvalue weighted by atomic mass is 35.5. The maximum absolute atomic E-state index is 13.8. The molecule has 0 aliphatic heterocycles. The lowest BCUT2D eigenvalue weighted by atomic mass is 10.2. The largest absolute Gasteiger partial charge is 0.493 e. The summed E-state index contributed by atoms with van der Waals surface area (Å²) in [5.74, 6) is 0.710. The van der Waals surface area contributed by atoms with Crippen molar-refractivity contribution in [3.63, 3.8) is 0 Å². The number of thiazole rings is 1. The molecule has 0 saturated carbocycles. The van der Waals surface area contributed by atoms with Gasteiger partial charge in [0.15, 0.2) is 16.6 Å². The number of nitrogens with one attached hydrogen (secondary N) is 1. The van der Waals surface area contributed by atoms with Gasteiger partial charge in [-0.25, -0.2) is 9.37 Å². The van der Waals surface area contributed by atoms with Crippen molar-refractivity contribution in [1.29, 1.82) is 0 Å². The summed E-state index contributed by atoms with van der Waals surface area (Å²) >= 11 is 7.56. The Labute approximate surface area is 154 Å². The normalized spacial score (nSPS) is 10.5. The summed E-state index contributed by atoms with van der Waals surface area (Å²) < 4.78 is 24.9. The van der Waals surface area contributed by atoms with Crippen LogP contribution in [-0.4, -0.2) is 12.1 Å². The molecule has 1 heterocycles. The van der Waals surface area contributed by atoms with E-state index in [4.69, 9.17) is 21.1 Å². The van der Waals surface area contributed by atoms with E-state index in [1.807, 2.05) is 17.5 Å². The average molecular weight is 379 g/mol. The Morgan fingerprint density at radius 2 is 2.12 bits per heavy atom. The Hall–Kier alpha value is -2.31. The Balaban J connectivity index is 1.69. The Kier molecular flexibility index (Phi) is 5.73. The highest BCUT2D eigenvalue weighted by molar-refractivity contribution is 7.13. The lowest BCUT2D eigenvalue weighted by Crippen LogP contribution is -2.03. The van der Waals surface area contributed by atoms with E-state index in [1.54, 1.807) is 31.5 Å². The molecule has 0 amide bonds. The van der Waals surface area contributed by atoms with Crippen molar-refractivity contribution in [3.8, 4) is 11.5 Å². The van der Waals surface area contributed by atoms with Gasteiger partial charge in [0.25, 0.3) is 0 Å². The van der Waals surface area contributed by atoms with Gasteiger partial charge < -0.3 is 14.8 Å². The van der Waals surface area contributed by atoms with Gasteiger partial charge in [-0.1, -0.05) is 23.7 Å². The minimum atomic E-state index is -0.393. The number of benzene rings is 2. The third-order valence-corrected chi connectivity index (χ3v) is 4.62. The molecule has 3 aromatic rings. The lowest BCUT2D eigenvalue weighted by Gasteiger charge is -2.13. The van der Waals surface area contributed by atoms with Crippen LogP contribution >= 0.6 is 22.9 Å². The number of methoxy groups -OCH3 is 1. The minimum absolute atomic E-state index is 0.0264. The maximum Gasteiger partial charge on any atom is 0.182 e. The molecule has 1 N–H and O–H groups in total. The molecule has 0 bridgehead atoms. The van der Waals surface area contributed by atoms with Crippen molar-refractivity contribution < 1.29 is 13.9 Å². The van der Waals surface area contributed by atoms with Gasteiger partial charge in [-0.05, 0) is 29.8 Å². The summed E-state index contributed by atoms with van der Waals surface area (Å²) in [5.41, 5.74) is 1.34. The third kappa shape index (κ3) is 4.41. The third-order valence-electron chi connectivity index (χ3n) is 3.54. The molecular formula is C18H16ClFN2O2S. The SMILES string of the molecule is COc1cc(CNc2nccs2)ccc1OCc1c(F)cccc1Cl. The van der Waals surface area contributed by atoms with E-state index in [0.29, 0.717) is 28.6 Å². The molecule has 4 nitrogen and oxygen atoms in total. The Bertz CT molecular complexity index is 823. The first-order chi connectivity index (χ1) is 12.2. The van der Waals surface area contributed by atoms with Crippen LogP contribution in [0.15, 0.2) is 48.0 Å². The summed E-state index contributed by atoms with van der Waals surface area (Å²) in [4.78, 5) is 4.17. The molecule has 3 rings (SSSR count). The van der Waals surface area contributed by atoms with Crippen molar-refractivity contribution in [2.75, 3.05) is 12.4 Å². The maximum atomic E-state index is 13.8. The van der Waals surface area contributed by atoms with Crippen LogP contribution in [0.1, 0.15) is 11.1 Å². The molecule has 2 aromatic carbocycles. The van der Waals surface area contributed by atoms with Crippen LogP contribution in [0.4, 0.5) is 9.52 Å². The van der Waals surface area contributed by atoms with Gasteiger partial charge in [-0.3, -0.25) is 0 Å². The molecule has 0 unspecified atom stereocenters. The Morgan fingerprint density at radius 3 is 2.84 bits per heavy atom. The van der Waals surface area contributed by atoms with E-state index >= 15 is 0 Å². The summed E-state index contributed by atoms with van der Waals surface area (Å²) in [7, 11) is 1.57. The van der Waals surface area contributed by atoms with Crippen molar-refractivity contribution in [3.05, 3.63) is 69.9 Å². The second-order valence-corrected chi connectivity index (χ2v) is 6.47. The van der Waals surface area contributed by atoms with E-state index < -0.39 is 5.82 Å². The van der Waals surface area contributed by atoms with Gasteiger partial charge in [0.2, 0.25) is 0 Å². The highest BCUT2D eigenvalue weighted by Crippen LogP contribution is 2.30. The molecule has 0 radical (unpaired) electrons. The molecular weight excluding hydrogens is 363 g/mol. The highest BCUT2D eigenvalue weighted by Gasteiger charge is 2.11. The van der Waals surface area contributed by atoms with Crippen molar-refractivity contribution in [2.45, 2.75) is 13.2 Å². The zero-order chi connectivity index (χ0) is 17.6.